The van der Waals surface area contributed by atoms with E-state index in [1.807, 2.05) is 0 Å². The normalized spacial score (nSPS) is 15.1. The molecule has 0 fully saturated rings. The Balaban J connectivity index is 0.000000261. The maximum Gasteiger partial charge on any atom is 2.00 e. The van der Waals surface area contributed by atoms with Gasteiger partial charge in [-0.15, -0.1) is 53.6 Å². The summed E-state index contributed by atoms with van der Waals surface area (Å²) >= 11 is 0. The topological polar surface area (TPSA) is 0 Å². The summed E-state index contributed by atoms with van der Waals surface area (Å²) in [5.74, 6) is 0.560. The Morgan fingerprint density at radius 3 is 1.96 bits per heavy atom. The molecule has 0 N–H and O–H groups in total. The molecule has 0 nitrogen and oxygen atoms in total. The van der Waals surface area contributed by atoms with Crippen LogP contribution in [0, 0.1) is 12.0 Å². The minimum atomic E-state index is 0. The second-order valence-corrected chi connectivity index (χ2v) is 8.00. The minimum Gasteiger partial charge on any atom is -0.266 e. The maximum absolute atomic E-state index is 3.36. The van der Waals surface area contributed by atoms with Crippen molar-refractivity contribution in [2.75, 3.05) is 0 Å². The van der Waals surface area contributed by atoms with Crippen LogP contribution in [0.4, 0.5) is 0 Å². The Bertz CT molecular complexity index is 916. The van der Waals surface area contributed by atoms with Gasteiger partial charge in [-0.1, -0.05) is 81.7 Å². The van der Waals surface area contributed by atoms with E-state index in [0.29, 0.717) is 5.92 Å². The van der Waals surface area contributed by atoms with E-state index in [2.05, 4.69) is 114 Å². The summed E-state index contributed by atoms with van der Waals surface area (Å²) in [4.78, 5) is 0. The van der Waals surface area contributed by atoms with Crippen molar-refractivity contribution in [2.24, 2.45) is 5.92 Å². The first-order chi connectivity index (χ1) is 13.0. The monoisotopic (exact) mass is 460 g/mol. The van der Waals surface area contributed by atoms with E-state index in [4.69, 9.17) is 0 Å². The van der Waals surface area contributed by atoms with Gasteiger partial charge in [-0.25, -0.2) is 5.57 Å². The Kier molecular flexibility index (Phi) is 10.8. The van der Waals surface area contributed by atoms with Gasteiger partial charge in [-0.3, -0.25) is 6.08 Å². The molecule has 0 bridgehead atoms. The molecule has 3 aromatic rings. The molecule has 0 spiro atoms. The Morgan fingerprint density at radius 2 is 1.46 bits per heavy atom. The van der Waals surface area contributed by atoms with Gasteiger partial charge in [0.2, 0.25) is 0 Å². The first-order valence-electron chi connectivity index (χ1n) is 9.55. The van der Waals surface area contributed by atoms with Crippen LogP contribution in [0.2, 0.25) is 13.1 Å². The number of fused-ring (bicyclic) bond motifs is 1. The SMILES string of the molecule is CC1=[C-]C(C)C(C)=C1C.C[Si]C.[Zr+2].c1ccc(-c2c[cH-]c3ccccc23)cc1. The smallest absolute Gasteiger partial charge is 0.266 e. The Morgan fingerprint density at radius 1 is 0.893 bits per heavy atom. The predicted octanol–water partition coefficient (Wildman–Crippen LogP) is 7.73. The quantitative estimate of drug-likeness (QED) is 0.257. The largest absolute Gasteiger partial charge is 2.00 e. The zero-order chi connectivity index (χ0) is 19.8. The van der Waals surface area contributed by atoms with Crippen molar-refractivity contribution in [1.82, 2.24) is 0 Å². The molecule has 0 aliphatic heterocycles. The number of hydrogen-bond acceptors (Lipinski definition) is 0. The van der Waals surface area contributed by atoms with Gasteiger partial charge in [0.25, 0.3) is 0 Å². The van der Waals surface area contributed by atoms with E-state index in [1.165, 1.54) is 38.6 Å². The Labute approximate surface area is 193 Å². The van der Waals surface area contributed by atoms with Crippen LogP contribution in [-0.2, 0) is 26.2 Å². The average Bonchev–Trinajstić information content (AvgIpc) is 3.21. The fourth-order valence-corrected chi connectivity index (χ4v) is 3.18. The van der Waals surface area contributed by atoms with Crippen LogP contribution in [0.1, 0.15) is 27.7 Å². The molecule has 142 valence electrons. The number of rotatable bonds is 1. The van der Waals surface area contributed by atoms with Crippen LogP contribution < -0.4 is 0 Å². The molecule has 1 unspecified atom stereocenters. The molecule has 2 radical (unpaired) electrons. The van der Waals surface area contributed by atoms with Gasteiger partial charge in [0, 0.05) is 9.52 Å². The van der Waals surface area contributed by atoms with Gasteiger partial charge in [-0.05, 0) is 0 Å². The molecule has 0 aromatic heterocycles. The van der Waals surface area contributed by atoms with Crippen LogP contribution in [0.15, 0.2) is 83.4 Å². The molecule has 0 saturated heterocycles. The zero-order valence-electron chi connectivity index (χ0n) is 17.9. The van der Waals surface area contributed by atoms with Gasteiger partial charge in [0.05, 0.1) is 0 Å². The molecule has 4 rings (SSSR count). The van der Waals surface area contributed by atoms with Crippen LogP contribution in [-0.4, -0.2) is 9.52 Å². The summed E-state index contributed by atoms with van der Waals surface area (Å²) < 4.78 is 0. The molecule has 1 aliphatic carbocycles. The maximum atomic E-state index is 3.36. The van der Waals surface area contributed by atoms with Crippen molar-refractivity contribution in [1.29, 1.82) is 0 Å². The van der Waals surface area contributed by atoms with Crippen molar-refractivity contribution in [3.63, 3.8) is 0 Å². The summed E-state index contributed by atoms with van der Waals surface area (Å²) in [6.45, 7) is 13.0. The number of hydrogen-bond donors (Lipinski definition) is 0. The van der Waals surface area contributed by atoms with E-state index in [9.17, 15) is 0 Å². The van der Waals surface area contributed by atoms with Crippen LogP contribution in [0.5, 0.6) is 0 Å². The van der Waals surface area contributed by atoms with Gasteiger partial charge in [0.1, 0.15) is 0 Å². The Hall–Kier alpha value is -1.37. The molecular formula is C26H30SiZr. The van der Waals surface area contributed by atoms with Gasteiger partial charge < -0.3 is 0 Å². The average molecular weight is 462 g/mol. The minimum absolute atomic E-state index is 0. The van der Waals surface area contributed by atoms with Crippen LogP contribution in [0.3, 0.4) is 0 Å². The van der Waals surface area contributed by atoms with Crippen molar-refractivity contribution < 1.29 is 26.2 Å². The fourth-order valence-electron chi connectivity index (χ4n) is 3.18. The summed E-state index contributed by atoms with van der Waals surface area (Å²) in [7, 11) is 1.08. The standard InChI is InChI=1S/C15H11.C9H13.C2H6Si.Zr/c1-2-6-12(7-3-1)15-11-10-13-8-4-5-9-14(13)15;1-6-5-7(2)9(4)8(6)3;1-3-2;/h1-11H;6H,1-4H3;1-2H3;/q2*-1;;+2. The summed E-state index contributed by atoms with van der Waals surface area (Å²) in [6, 6.07) is 23.4. The summed E-state index contributed by atoms with van der Waals surface area (Å²) in [5.41, 5.74) is 6.86. The molecular weight excluding hydrogens is 432 g/mol. The zero-order valence-corrected chi connectivity index (χ0v) is 21.4. The third kappa shape index (κ3) is 6.33. The van der Waals surface area contributed by atoms with Crippen LogP contribution in [0.25, 0.3) is 21.9 Å². The van der Waals surface area contributed by atoms with E-state index in [-0.39, 0.29) is 26.2 Å². The van der Waals surface area contributed by atoms with Gasteiger partial charge >= 0.3 is 26.2 Å². The van der Waals surface area contributed by atoms with E-state index in [0.717, 1.165) is 9.52 Å². The second kappa shape index (κ2) is 12.2. The molecule has 1 atom stereocenters. The summed E-state index contributed by atoms with van der Waals surface area (Å²) in [5, 5.41) is 2.65. The van der Waals surface area contributed by atoms with Gasteiger partial charge in [0.15, 0.2) is 0 Å². The molecule has 3 aromatic carbocycles. The van der Waals surface area contributed by atoms with Crippen molar-refractivity contribution >= 4 is 20.3 Å². The van der Waals surface area contributed by atoms with Crippen molar-refractivity contribution in [3.8, 4) is 11.1 Å². The molecule has 2 heteroatoms. The number of allylic oxidation sites excluding steroid dienone is 4. The van der Waals surface area contributed by atoms with Crippen molar-refractivity contribution in [3.05, 3.63) is 89.5 Å². The van der Waals surface area contributed by atoms with Crippen LogP contribution >= 0.6 is 0 Å². The molecule has 0 heterocycles. The molecule has 0 saturated carbocycles. The van der Waals surface area contributed by atoms with E-state index < -0.39 is 0 Å². The van der Waals surface area contributed by atoms with E-state index in [1.54, 1.807) is 0 Å². The van der Waals surface area contributed by atoms with E-state index >= 15 is 0 Å². The third-order valence-corrected chi connectivity index (χ3v) is 5.00. The predicted molar refractivity (Wildman–Crippen MR) is 122 cm³/mol. The third-order valence-electron chi connectivity index (χ3n) is 5.00. The molecule has 28 heavy (non-hydrogen) atoms. The summed E-state index contributed by atoms with van der Waals surface area (Å²) in [6.07, 6.45) is 3.36. The number of benzene rings is 2. The first kappa shape index (κ1) is 24.7. The first-order valence-corrected chi connectivity index (χ1v) is 11.6. The molecule has 0 amide bonds. The molecule has 1 aliphatic rings. The second-order valence-electron chi connectivity index (χ2n) is 7.00. The van der Waals surface area contributed by atoms with Crippen molar-refractivity contribution in [2.45, 2.75) is 40.8 Å². The van der Waals surface area contributed by atoms with Gasteiger partial charge in [-0.2, -0.15) is 11.1 Å². The fraction of sp³-hybridized carbons (Fsp3) is 0.269.